The average molecular weight is 312 g/mol. The smallest absolute Gasteiger partial charge is 0.300 e. The summed E-state index contributed by atoms with van der Waals surface area (Å²) in [6.45, 7) is 1.99. The van der Waals surface area contributed by atoms with Crippen LogP contribution in [0.1, 0.15) is 23.7 Å². The van der Waals surface area contributed by atoms with Crippen molar-refractivity contribution in [2.24, 2.45) is 0 Å². The Bertz CT molecular complexity index is 524. The molecule has 1 N–H and O–H groups in total. The summed E-state index contributed by atoms with van der Waals surface area (Å²) in [5.41, 5.74) is -0.216. The van der Waals surface area contributed by atoms with Gasteiger partial charge in [-0.25, -0.2) is 4.98 Å². The lowest BCUT2D eigenvalue weighted by atomic mass is 10.1. The number of thioether (sulfide) groups is 1. The van der Waals surface area contributed by atoms with Crippen molar-refractivity contribution in [3.05, 3.63) is 27.9 Å². The first-order valence-electron chi connectivity index (χ1n) is 6.54. The molecule has 1 aromatic rings. The van der Waals surface area contributed by atoms with Gasteiger partial charge in [-0.05, 0) is 12.7 Å². The minimum absolute atomic E-state index is 0.0401. The summed E-state index contributed by atoms with van der Waals surface area (Å²) < 4.78 is 0. The first-order valence-corrected chi connectivity index (χ1v) is 7.93. The molecule has 0 aliphatic heterocycles. The summed E-state index contributed by atoms with van der Waals surface area (Å²) in [7, 11) is 3.32. The van der Waals surface area contributed by atoms with Crippen molar-refractivity contribution in [1.29, 1.82) is 0 Å². The van der Waals surface area contributed by atoms with Crippen LogP contribution in [0.3, 0.4) is 0 Å². The number of rotatable bonds is 7. The molecule has 1 amide bonds. The van der Waals surface area contributed by atoms with Gasteiger partial charge in [0.15, 0.2) is 0 Å². The van der Waals surface area contributed by atoms with Crippen LogP contribution in [0.5, 0.6) is 0 Å². The lowest BCUT2D eigenvalue weighted by molar-refractivity contribution is -0.385. The average Bonchev–Trinajstić information content (AvgIpc) is 2.50. The third-order valence-corrected chi connectivity index (χ3v) is 3.98. The van der Waals surface area contributed by atoms with E-state index in [0.717, 1.165) is 18.4 Å². The topological polar surface area (TPSA) is 88.4 Å². The minimum atomic E-state index is -0.580. The lowest BCUT2D eigenvalue weighted by Crippen LogP contribution is -2.38. The van der Waals surface area contributed by atoms with Gasteiger partial charge in [0, 0.05) is 32.0 Å². The molecule has 8 heteroatoms. The molecule has 1 unspecified atom stereocenters. The number of pyridine rings is 1. The molecule has 0 aromatic carbocycles. The Balaban J connectivity index is 3.17. The van der Waals surface area contributed by atoms with Crippen LogP contribution < -0.4 is 5.32 Å². The van der Waals surface area contributed by atoms with E-state index in [1.54, 1.807) is 30.8 Å². The van der Waals surface area contributed by atoms with Crippen LogP contribution in [0.4, 0.5) is 11.5 Å². The van der Waals surface area contributed by atoms with Gasteiger partial charge >= 0.3 is 0 Å². The number of anilines is 1. The molecule has 0 fully saturated rings. The van der Waals surface area contributed by atoms with Gasteiger partial charge in [-0.15, -0.1) is 0 Å². The zero-order chi connectivity index (χ0) is 16.0. The number of nitro groups is 1. The van der Waals surface area contributed by atoms with Gasteiger partial charge in [0.2, 0.25) is 0 Å². The van der Waals surface area contributed by atoms with Crippen molar-refractivity contribution in [3.63, 3.8) is 0 Å². The maximum absolute atomic E-state index is 12.6. The van der Waals surface area contributed by atoms with Gasteiger partial charge in [-0.3, -0.25) is 14.9 Å². The fourth-order valence-electron chi connectivity index (χ4n) is 1.95. The second-order valence-electron chi connectivity index (χ2n) is 4.53. The SMILES string of the molecule is CCC(CSC)N(C)C(=O)c1cc(NC)ncc1[N+](=O)[O-]. The lowest BCUT2D eigenvalue weighted by Gasteiger charge is -2.26. The summed E-state index contributed by atoms with van der Waals surface area (Å²) in [5, 5.41) is 13.9. The number of nitrogens with one attached hydrogen (secondary N) is 1. The Labute approximate surface area is 128 Å². The molecule has 7 nitrogen and oxygen atoms in total. The van der Waals surface area contributed by atoms with Gasteiger partial charge in [-0.2, -0.15) is 11.8 Å². The minimum Gasteiger partial charge on any atom is -0.373 e. The third-order valence-electron chi connectivity index (χ3n) is 3.26. The first kappa shape index (κ1) is 17.2. The van der Waals surface area contributed by atoms with Gasteiger partial charge in [0.1, 0.15) is 17.6 Å². The third kappa shape index (κ3) is 4.07. The normalized spacial score (nSPS) is 11.8. The van der Waals surface area contributed by atoms with Crippen molar-refractivity contribution in [2.45, 2.75) is 19.4 Å². The number of carbonyl (C=O) groups excluding carboxylic acids is 1. The Morgan fingerprint density at radius 2 is 2.29 bits per heavy atom. The first-order chi connectivity index (χ1) is 9.96. The molecule has 1 rings (SSSR count). The molecular formula is C13H20N4O3S. The molecule has 1 heterocycles. The Kier molecular flexibility index (Phi) is 6.41. The number of amides is 1. The molecule has 0 saturated heterocycles. The second kappa shape index (κ2) is 7.82. The van der Waals surface area contributed by atoms with Crippen LogP contribution >= 0.6 is 11.8 Å². The highest BCUT2D eigenvalue weighted by Gasteiger charge is 2.27. The van der Waals surface area contributed by atoms with E-state index in [0.29, 0.717) is 5.82 Å². The van der Waals surface area contributed by atoms with E-state index < -0.39 is 4.92 Å². The molecular weight excluding hydrogens is 292 g/mol. The molecule has 116 valence electrons. The van der Waals surface area contributed by atoms with Crippen LogP contribution in [0, 0.1) is 10.1 Å². The Morgan fingerprint density at radius 3 is 2.76 bits per heavy atom. The predicted octanol–water partition coefficient (Wildman–Crippen LogP) is 2.25. The van der Waals surface area contributed by atoms with Crippen LogP contribution in [0.2, 0.25) is 0 Å². The summed E-state index contributed by atoms with van der Waals surface area (Å²) in [6.07, 6.45) is 3.87. The van der Waals surface area contributed by atoms with Crippen molar-refractivity contribution in [3.8, 4) is 0 Å². The van der Waals surface area contributed by atoms with Gasteiger partial charge in [0.25, 0.3) is 11.6 Å². The van der Waals surface area contributed by atoms with E-state index in [2.05, 4.69) is 10.3 Å². The predicted molar refractivity (Wildman–Crippen MR) is 85.0 cm³/mol. The maximum Gasteiger partial charge on any atom is 0.300 e. The molecule has 1 atom stereocenters. The summed E-state index contributed by atoms with van der Waals surface area (Å²) in [4.78, 5) is 28.5. The molecule has 21 heavy (non-hydrogen) atoms. The van der Waals surface area contributed by atoms with Gasteiger partial charge in [0.05, 0.1) is 4.92 Å². The molecule has 0 aliphatic carbocycles. The van der Waals surface area contributed by atoms with Gasteiger partial charge in [-0.1, -0.05) is 6.92 Å². The van der Waals surface area contributed by atoms with Crippen LogP contribution in [0.15, 0.2) is 12.3 Å². The van der Waals surface area contributed by atoms with Gasteiger partial charge < -0.3 is 10.2 Å². The summed E-state index contributed by atoms with van der Waals surface area (Å²) >= 11 is 1.64. The quantitative estimate of drug-likeness (QED) is 0.613. The van der Waals surface area contributed by atoms with Crippen LogP contribution in [-0.2, 0) is 0 Å². The molecule has 0 saturated carbocycles. The molecule has 0 radical (unpaired) electrons. The molecule has 0 spiro atoms. The van der Waals surface area contributed by atoms with E-state index in [-0.39, 0.29) is 23.2 Å². The second-order valence-corrected chi connectivity index (χ2v) is 5.44. The highest BCUT2D eigenvalue weighted by atomic mass is 32.2. The number of hydrogen-bond donors (Lipinski definition) is 1. The number of carbonyl (C=O) groups is 1. The Hall–Kier alpha value is -1.83. The van der Waals surface area contributed by atoms with Crippen LogP contribution in [-0.4, -0.2) is 52.9 Å². The molecule has 1 aromatic heterocycles. The van der Waals surface area contributed by atoms with Crippen molar-refractivity contribution < 1.29 is 9.72 Å². The summed E-state index contributed by atoms with van der Waals surface area (Å²) in [6, 6.07) is 1.46. The van der Waals surface area contributed by atoms with Crippen LogP contribution in [0.25, 0.3) is 0 Å². The van der Waals surface area contributed by atoms with Crippen molar-refractivity contribution >= 4 is 29.2 Å². The van der Waals surface area contributed by atoms with E-state index in [1.807, 2.05) is 13.2 Å². The maximum atomic E-state index is 12.6. The standard InChI is InChI=1S/C13H20N4O3S/c1-5-9(8-21-4)16(3)13(18)10-6-12(14-2)15-7-11(10)17(19)20/h6-7,9H,5,8H2,1-4H3,(H,14,15). The number of aromatic nitrogens is 1. The number of nitrogens with zero attached hydrogens (tertiary/aromatic N) is 3. The molecule has 0 aliphatic rings. The zero-order valence-corrected chi connectivity index (χ0v) is 13.4. The fourth-order valence-corrected chi connectivity index (χ4v) is 2.80. The van der Waals surface area contributed by atoms with E-state index >= 15 is 0 Å². The number of hydrogen-bond acceptors (Lipinski definition) is 6. The highest BCUT2D eigenvalue weighted by Crippen LogP contribution is 2.23. The van der Waals surface area contributed by atoms with E-state index in [1.165, 1.54) is 6.07 Å². The highest BCUT2D eigenvalue weighted by molar-refractivity contribution is 7.98. The van der Waals surface area contributed by atoms with Crippen molar-refractivity contribution in [1.82, 2.24) is 9.88 Å². The summed E-state index contributed by atoms with van der Waals surface area (Å²) in [5.74, 6) is 0.855. The van der Waals surface area contributed by atoms with E-state index in [4.69, 9.17) is 0 Å². The monoisotopic (exact) mass is 312 g/mol. The zero-order valence-electron chi connectivity index (χ0n) is 12.6. The fraction of sp³-hybridized carbons (Fsp3) is 0.538. The van der Waals surface area contributed by atoms with Crippen molar-refractivity contribution in [2.75, 3.05) is 31.4 Å². The Morgan fingerprint density at radius 1 is 1.62 bits per heavy atom. The molecule has 0 bridgehead atoms. The van der Waals surface area contributed by atoms with E-state index in [9.17, 15) is 14.9 Å². The largest absolute Gasteiger partial charge is 0.373 e.